The van der Waals surface area contributed by atoms with Gasteiger partial charge in [-0.15, -0.1) is 0 Å². The predicted octanol–water partition coefficient (Wildman–Crippen LogP) is 3.14. The van der Waals surface area contributed by atoms with Crippen molar-refractivity contribution in [2.75, 3.05) is 19.0 Å². The van der Waals surface area contributed by atoms with Gasteiger partial charge in [0.15, 0.2) is 17.6 Å². The Bertz CT molecular complexity index is 1520. The van der Waals surface area contributed by atoms with Crippen LogP contribution in [0.4, 0.5) is 5.82 Å². The summed E-state index contributed by atoms with van der Waals surface area (Å²) in [6.45, 7) is 3.41. The molecule has 1 aliphatic rings. The number of benzene rings is 1. The van der Waals surface area contributed by atoms with Crippen LogP contribution in [0.15, 0.2) is 42.9 Å². The van der Waals surface area contributed by atoms with Crippen LogP contribution in [0.3, 0.4) is 0 Å². The van der Waals surface area contributed by atoms with E-state index in [1.165, 1.54) is 14.0 Å². The number of carbonyl (C=O) groups excluding carboxylic acids is 3. The Labute approximate surface area is 224 Å². The van der Waals surface area contributed by atoms with E-state index in [4.69, 9.17) is 14.6 Å². The Morgan fingerprint density at radius 1 is 1.18 bits per heavy atom. The summed E-state index contributed by atoms with van der Waals surface area (Å²) in [4.78, 5) is 40.6. The standard InChI is InChI=1S/C27H31N7O5/c1-16(39-17(2)35)26(36)29-13-18-6-8-20(9-7-18)33-15-19-11-21(23(38-3)12-22(19)32-33)27(37)31-25-14-28-24-5-4-10-30-34(24)25/h4-5,10-12,14-16,18,20H,6-9,13H2,1-3H3,(H,29,36)(H,31,37)/t16-,18?,20?/m0/s1. The molecule has 3 heterocycles. The van der Waals surface area contributed by atoms with Crippen molar-refractivity contribution in [3.05, 3.63) is 48.4 Å². The Kier molecular flexibility index (Phi) is 7.44. The zero-order chi connectivity index (χ0) is 27.5. The third-order valence-electron chi connectivity index (χ3n) is 7.07. The number of imidazole rings is 1. The third-order valence-corrected chi connectivity index (χ3v) is 7.07. The van der Waals surface area contributed by atoms with E-state index in [-0.39, 0.29) is 17.9 Å². The number of hydrogen-bond acceptors (Lipinski definition) is 8. The van der Waals surface area contributed by atoms with Crippen LogP contribution in [0.1, 0.15) is 55.9 Å². The number of hydrogen-bond donors (Lipinski definition) is 2. The highest BCUT2D eigenvalue weighted by atomic mass is 16.5. The number of anilines is 1. The number of amides is 2. The van der Waals surface area contributed by atoms with Crippen LogP contribution in [-0.2, 0) is 14.3 Å². The molecule has 4 aromatic rings. The first-order valence-corrected chi connectivity index (χ1v) is 12.9. The number of aromatic nitrogens is 5. The van der Waals surface area contributed by atoms with E-state index < -0.39 is 12.1 Å². The van der Waals surface area contributed by atoms with Crippen molar-refractivity contribution in [3.8, 4) is 5.75 Å². The zero-order valence-electron chi connectivity index (χ0n) is 22.1. The highest BCUT2D eigenvalue weighted by molar-refractivity contribution is 6.08. The normalized spacial score (nSPS) is 18.0. The fourth-order valence-electron chi connectivity index (χ4n) is 5.01. The van der Waals surface area contributed by atoms with E-state index in [0.29, 0.717) is 35.2 Å². The lowest BCUT2D eigenvalue weighted by atomic mass is 9.86. The van der Waals surface area contributed by atoms with Gasteiger partial charge in [0.2, 0.25) is 0 Å². The lowest BCUT2D eigenvalue weighted by Crippen LogP contribution is -2.38. The van der Waals surface area contributed by atoms with E-state index in [2.05, 4.69) is 20.7 Å². The molecule has 2 amide bonds. The second-order valence-corrected chi connectivity index (χ2v) is 9.78. The van der Waals surface area contributed by atoms with Crippen LogP contribution >= 0.6 is 0 Å². The summed E-state index contributed by atoms with van der Waals surface area (Å²) in [5, 5.41) is 15.6. The van der Waals surface area contributed by atoms with Gasteiger partial charge in [-0.2, -0.15) is 14.7 Å². The molecule has 0 aliphatic heterocycles. The maximum atomic E-state index is 13.2. The number of methoxy groups -OCH3 is 1. The summed E-state index contributed by atoms with van der Waals surface area (Å²) in [7, 11) is 1.53. The van der Waals surface area contributed by atoms with E-state index in [1.807, 2.05) is 10.9 Å². The quantitative estimate of drug-likeness (QED) is 0.329. The molecule has 1 fully saturated rings. The average molecular weight is 534 g/mol. The molecule has 1 aliphatic carbocycles. The molecule has 0 unspecified atom stereocenters. The molecule has 39 heavy (non-hydrogen) atoms. The Morgan fingerprint density at radius 2 is 1.97 bits per heavy atom. The maximum Gasteiger partial charge on any atom is 0.303 e. The SMILES string of the molecule is COc1cc2nn(C3CCC(CNC(=O)[C@H](C)OC(C)=O)CC3)cc2cc1C(=O)Nc1cnc2cccnn12. The average Bonchev–Trinajstić information content (AvgIpc) is 3.54. The van der Waals surface area contributed by atoms with E-state index in [9.17, 15) is 14.4 Å². The highest BCUT2D eigenvalue weighted by Gasteiger charge is 2.25. The largest absolute Gasteiger partial charge is 0.496 e. The van der Waals surface area contributed by atoms with Crippen molar-refractivity contribution >= 4 is 40.2 Å². The van der Waals surface area contributed by atoms with Crippen LogP contribution in [0.5, 0.6) is 5.75 Å². The molecule has 12 nitrogen and oxygen atoms in total. The molecule has 0 radical (unpaired) electrons. The van der Waals surface area contributed by atoms with Crippen LogP contribution in [0, 0.1) is 5.92 Å². The molecule has 1 aromatic carbocycles. The van der Waals surface area contributed by atoms with Gasteiger partial charge >= 0.3 is 5.97 Å². The number of esters is 1. The minimum atomic E-state index is -0.796. The van der Waals surface area contributed by atoms with E-state index in [0.717, 1.165) is 36.6 Å². The van der Waals surface area contributed by atoms with Crippen LogP contribution < -0.4 is 15.4 Å². The smallest absolute Gasteiger partial charge is 0.303 e. The van der Waals surface area contributed by atoms with Crippen molar-refractivity contribution in [1.82, 2.24) is 29.7 Å². The first kappa shape index (κ1) is 26.1. The van der Waals surface area contributed by atoms with Crippen molar-refractivity contribution in [2.24, 2.45) is 5.92 Å². The monoisotopic (exact) mass is 533 g/mol. The van der Waals surface area contributed by atoms with Crippen molar-refractivity contribution in [1.29, 1.82) is 0 Å². The van der Waals surface area contributed by atoms with E-state index in [1.54, 1.807) is 48.1 Å². The molecule has 0 saturated heterocycles. The Balaban J connectivity index is 1.24. The highest BCUT2D eigenvalue weighted by Crippen LogP contribution is 2.34. The number of nitrogens with one attached hydrogen (secondary N) is 2. The first-order chi connectivity index (χ1) is 18.8. The molecule has 204 valence electrons. The van der Waals surface area contributed by atoms with Crippen molar-refractivity contribution in [3.63, 3.8) is 0 Å². The number of ether oxygens (including phenoxy) is 2. The van der Waals surface area contributed by atoms with Crippen molar-refractivity contribution in [2.45, 2.75) is 51.7 Å². The lowest BCUT2D eigenvalue weighted by Gasteiger charge is -2.29. The van der Waals surface area contributed by atoms with Gasteiger partial charge in [0.05, 0.1) is 30.4 Å². The molecule has 0 bridgehead atoms. The Hall–Kier alpha value is -4.48. The number of fused-ring (bicyclic) bond motifs is 2. The predicted molar refractivity (Wildman–Crippen MR) is 142 cm³/mol. The van der Waals surface area contributed by atoms with Crippen LogP contribution in [0.2, 0.25) is 0 Å². The number of carbonyl (C=O) groups is 3. The summed E-state index contributed by atoms with van der Waals surface area (Å²) in [5.41, 5.74) is 1.76. The van der Waals surface area contributed by atoms with Gasteiger partial charge < -0.3 is 20.1 Å². The second kappa shape index (κ2) is 11.1. The first-order valence-electron chi connectivity index (χ1n) is 12.9. The fourth-order valence-corrected chi connectivity index (χ4v) is 5.01. The number of nitrogens with zero attached hydrogens (tertiary/aromatic N) is 5. The molecular formula is C27H31N7O5. The molecule has 5 rings (SSSR count). The van der Waals surface area contributed by atoms with E-state index >= 15 is 0 Å². The molecule has 1 atom stereocenters. The summed E-state index contributed by atoms with van der Waals surface area (Å²) in [6, 6.07) is 7.37. The summed E-state index contributed by atoms with van der Waals surface area (Å²) < 4.78 is 14.0. The summed E-state index contributed by atoms with van der Waals surface area (Å²) in [6.07, 6.45) is 8.07. The lowest BCUT2D eigenvalue weighted by molar-refractivity contribution is -0.152. The van der Waals surface area contributed by atoms with Gasteiger partial charge in [-0.05, 0) is 56.7 Å². The molecule has 1 saturated carbocycles. The molecule has 0 spiro atoms. The topological polar surface area (TPSA) is 142 Å². The van der Waals surface area contributed by atoms with Crippen LogP contribution in [0.25, 0.3) is 16.6 Å². The van der Waals surface area contributed by atoms with Gasteiger partial charge in [-0.1, -0.05) is 0 Å². The zero-order valence-corrected chi connectivity index (χ0v) is 22.1. The van der Waals surface area contributed by atoms with Gasteiger partial charge in [0.1, 0.15) is 5.75 Å². The van der Waals surface area contributed by atoms with Gasteiger partial charge in [-0.3, -0.25) is 19.1 Å². The van der Waals surface area contributed by atoms with Crippen LogP contribution in [-0.4, -0.2) is 61.9 Å². The summed E-state index contributed by atoms with van der Waals surface area (Å²) >= 11 is 0. The minimum absolute atomic E-state index is 0.219. The minimum Gasteiger partial charge on any atom is -0.496 e. The Morgan fingerprint density at radius 3 is 2.72 bits per heavy atom. The second-order valence-electron chi connectivity index (χ2n) is 9.78. The summed E-state index contributed by atoms with van der Waals surface area (Å²) in [5.74, 6) is 0.150. The molecule has 2 N–H and O–H groups in total. The van der Waals surface area contributed by atoms with Gasteiger partial charge in [0.25, 0.3) is 11.8 Å². The maximum absolute atomic E-state index is 13.2. The molecule has 3 aromatic heterocycles. The van der Waals surface area contributed by atoms with Gasteiger partial charge in [-0.25, -0.2) is 4.98 Å². The molecule has 12 heteroatoms. The third kappa shape index (κ3) is 5.69. The fraction of sp³-hybridized carbons (Fsp3) is 0.407. The number of rotatable bonds is 8. The molecular weight excluding hydrogens is 502 g/mol. The van der Waals surface area contributed by atoms with Gasteiger partial charge in [0, 0.05) is 37.3 Å². The van der Waals surface area contributed by atoms with Crippen molar-refractivity contribution < 1.29 is 23.9 Å².